The zero-order chi connectivity index (χ0) is 15.7. The minimum atomic E-state index is -0.110. The Kier molecular flexibility index (Phi) is 3.75. The molecular weight excluding hydrogens is 278 g/mol. The van der Waals surface area contributed by atoms with Crippen molar-refractivity contribution in [3.05, 3.63) is 53.6 Å². The van der Waals surface area contributed by atoms with E-state index in [4.69, 9.17) is 0 Å². The molecule has 4 nitrogen and oxygen atoms in total. The van der Waals surface area contributed by atoms with E-state index in [-0.39, 0.29) is 23.3 Å². The lowest BCUT2D eigenvalue weighted by atomic mass is 9.86. The molecule has 0 bridgehead atoms. The van der Waals surface area contributed by atoms with Gasteiger partial charge in [-0.1, -0.05) is 25.1 Å². The highest BCUT2D eigenvalue weighted by Crippen LogP contribution is 2.44. The minimum absolute atomic E-state index is 0.0288. The second kappa shape index (κ2) is 5.72. The molecule has 0 aliphatic carbocycles. The molecule has 0 unspecified atom stereocenters. The van der Waals surface area contributed by atoms with Gasteiger partial charge in [0.2, 0.25) is 0 Å². The molecule has 0 aromatic heterocycles. The largest absolute Gasteiger partial charge is 0.508 e. The van der Waals surface area contributed by atoms with Crippen LogP contribution in [0, 0.1) is 0 Å². The van der Waals surface area contributed by atoms with Crippen LogP contribution in [0.5, 0.6) is 11.5 Å². The summed E-state index contributed by atoms with van der Waals surface area (Å²) in [6, 6.07) is 12.0. The van der Waals surface area contributed by atoms with Crippen LogP contribution in [0.3, 0.4) is 0 Å². The lowest BCUT2D eigenvalue weighted by Gasteiger charge is -2.34. The van der Waals surface area contributed by atoms with Crippen LogP contribution in [-0.4, -0.2) is 22.7 Å². The first-order chi connectivity index (χ1) is 10.6. The highest BCUT2D eigenvalue weighted by molar-refractivity contribution is 6.07. The van der Waals surface area contributed by atoms with E-state index < -0.39 is 0 Å². The number of fused-ring (bicyclic) bond motifs is 1. The van der Waals surface area contributed by atoms with Crippen molar-refractivity contribution < 1.29 is 15.0 Å². The summed E-state index contributed by atoms with van der Waals surface area (Å²) in [5, 5.41) is 20.0. The topological polar surface area (TPSA) is 60.8 Å². The molecule has 0 spiro atoms. The predicted octanol–water partition coefficient (Wildman–Crippen LogP) is 3.64. The average molecular weight is 297 g/mol. The fourth-order valence-electron chi connectivity index (χ4n) is 3.16. The molecule has 0 saturated carbocycles. The molecule has 1 amide bonds. The van der Waals surface area contributed by atoms with Gasteiger partial charge < -0.3 is 15.1 Å². The first kappa shape index (κ1) is 14.4. The van der Waals surface area contributed by atoms with E-state index >= 15 is 0 Å². The Morgan fingerprint density at radius 1 is 1.23 bits per heavy atom. The molecule has 22 heavy (non-hydrogen) atoms. The number of nitrogens with zero attached hydrogens (tertiary/aromatic N) is 1. The summed E-state index contributed by atoms with van der Waals surface area (Å²) in [5.74, 6) is 0.128. The van der Waals surface area contributed by atoms with E-state index in [1.165, 1.54) is 6.07 Å². The Morgan fingerprint density at radius 2 is 1.95 bits per heavy atom. The number of phenols is 2. The Labute approximate surface area is 129 Å². The quantitative estimate of drug-likeness (QED) is 0.889. The number of rotatable bonds is 2. The smallest absolute Gasteiger partial charge is 0.258 e. The first-order valence-corrected chi connectivity index (χ1v) is 7.54. The fourth-order valence-corrected chi connectivity index (χ4v) is 3.16. The minimum Gasteiger partial charge on any atom is -0.508 e. The van der Waals surface area contributed by atoms with Crippen molar-refractivity contribution in [1.82, 2.24) is 0 Å². The molecule has 1 aliphatic rings. The van der Waals surface area contributed by atoms with Gasteiger partial charge in [0.15, 0.2) is 0 Å². The second-order valence-electron chi connectivity index (χ2n) is 5.61. The summed E-state index contributed by atoms with van der Waals surface area (Å²) in [6.45, 7) is 2.65. The number of hydrogen-bond donors (Lipinski definition) is 2. The highest BCUT2D eigenvalue weighted by Gasteiger charge is 2.31. The normalized spacial score (nSPS) is 17.1. The predicted molar refractivity (Wildman–Crippen MR) is 85.5 cm³/mol. The van der Waals surface area contributed by atoms with Crippen LogP contribution >= 0.6 is 0 Å². The average Bonchev–Trinajstić information content (AvgIpc) is 2.53. The van der Waals surface area contributed by atoms with E-state index in [0.717, 1.165) is 18.4 Å². The summed E-state index contributed by atoms with van der Waals surface area (Å²) < 4.78 is 0. The van der Waals surface area contributed by atoms with Crippen LogP contribution in [0.1, 0.15) is 41.6 Å². The SMILES string of the molecule is CC[C@@H]1CCN(C(=O)c2ccccc2)c2cc(O)cc(O)c21. The molecule has 0 radical (unpaired) electrons. The Morgan fingerprint density at radius 3 is 2.64 bits per heavy atom. The third-order valence-corrected chi connectivity index (χ3v) is 4.28. The maximum absolute atomic E-state index is 12.7. The van der Waals surface area contributed by atoms with Crippen molar-refractivity contribution in [3.63, 3.8) is 0 Å². The standard InChI is InChI=1S/C18H19NO3/c1-2-12-8-9-19(18(22)13-6-4-3-5-7-13)15-10-14(20)11-16(21)17(12)15/h3-7,10-12,20-21H,2,8-9H2,1H3/t12-/m1/s1. The number of anilines is 1. The van der Waals surface area contributed by atoms with Gasteiger partial charge in [0.1, 0.15) is 11.5 Å². The van der Waals surface area contributed by atoms with Gasteiger partial charge in [-0.15, -0.1) is 0 Å². The van der Waals surface area contributed by atoms with Crippen molar-refractivity contribution in [3.8, 4) is 11.5 Å². The molecule has 2 aromatic carbocycles. The maximum Gasteiger partial charge on any atom is 0.258 e. The summed E-state index contributed by atoms with van der Waals surface area (Å²) in [4.78, 5) is 14.4. The first-order valence-electron chi connectivity index (χ1n) is 7.54. The number of amides is 1. The molecule has 3 rings (SSSR count). The monoisotopic (exact) mass is 297 g/mol. The van der Waals surface area contributed by atoms with Crippen molar-refractivity contribution in [2.24, 2.45) is 0 Å². The summed E-state index contributed by atoms with van der Waals surface area (Å²) in [5.41, 5.74) is 1.98. The fraction of sp³-hybridized carbons (Fsp3) is 0.278. The lowest BCUT2D eigenvalue weighted by molar-refractivity contribution is 0.0984. The van der Waals surface area contributed by atoms with Crippen LogP contribution in [0.2, 0.25) is 0 Å². The molecule has 0 saturated heterocycles. The van der Waals surface area contributed by atoms with E-state index in [2.05, 4.69) is 6.92 Å². The van der Waals surface area contributed by atoms with Crippen molar-refractivity contribution >= 4 is 11.6 Å². The summed E-state index contributed by atoms with van der Waals surface area (Å²) in [6.07, 6.45) is 1.69. The number of benzene rings is 2. The zero-order valence-corrected chi connectivity index (χ0v) is 12.5. The van der Waals surface area contributed by atoms with E-state index in [1.807, 2.05) is 18.2 Å². The molecule has 1 heterocycles. The van der Waals surface area contributed by atoms with Gasteiger partial charge in [0, 0.05) is 29.8 Å². The molecule has 114 valence electrons. The Hall–Kier alpha value is -2.49. The Balaban J connectivity index is 2.07. The highest BCUT2D eigenvalue weighted by atomic mass is 16.3. The summed E-state index contributed by atoms with van der Waals surface area (Å²) in [7, 11) is 0. The number of carbonyl (C=O) groups excluding carboxylic acids is 1. The van der Waals surface area contributed by atoms with E-state index in [9.17, 15) is 15.0 Å². The van der Waals surface area contributed by atoms with Gasteiger partial charge in [-0.2, -0.15) is 0 Å². The van der Waals surface area contributed by atoms with Crippen molar-refractivity contribution in [2.75, 3.05) is 11.4 Å². The molecule has 2 aromatic rings. The zero-order valence-electron chi connectivity index (χ0n) is 12.5. The molecular formula is C18H19NO3. The third kappa shape index (κ3) is 2.41. The van der Waals surface area contributed by atoms with E-state index in [1.54, 1.807) is 23.1 Å². The molecule has 0 fully saturated rings. The second-order valence-corrected chi connectivity index (χ2v) is 5.61. The van der Waals surface area contributed by atoms with Crippen LogP contribution in [0.25, 0.3) is 0 Å². The van der Waals surface area contributed by atoms with Crippen molar-refractivity contribution in [1.29, 1.82) is 0 Å². The molecule has 4 heteroatoms. The maximum atomic E-state index is 12.7. The number of carbonyl (C=O) groups is 1. The molecule has 1 atom stereocenters. The van der Waals surface area contributed by atoms with Gasteiger partial charge in [0.25, 0.3) is 5.91 Å². The number of aromatic hydroxyl groups is 2. The van der Waals surface area contributed by atoms with Crippen LogP contribution in [0.4, 0.5) is 5.69 Å². The molecule has 1 aliphatic heterocycles. The lowest BCUT2D eigenvalue weighted by Crippen LogP contribution is -2.36. The van der Waals surface area contributed by atoms with Crippen LogP contribution in [0.15, 0.2) is 42.5 Å². The van der Waals surface area contributed by atoms with Crippen LogP contribution < -0.4 is 4.90 Å². The van der Waals surface area contributed by atoms with Gasteiger partial charge in [-0.3, -0.25) is 4.79 Å². The molecule has 2 N–H and O–H groups in total. The number of hydrogen-bond acceptors (Lipinski definition) is 3. The Bertz CT molecular complexity index is 697. The van der Waals surface area contributed by atoms with Crippen molar-refractivity contribution in [2.45, 2.75) is 25.7 Å². The van der Waals surface area contributed by atoms with Gasteiger partial charge in [-0.05, 0) is 30.9 Å². The summed E-state index contributed by atoms with van der Waals surface area (Å²) >= 11 is 0. The van der Waals surface area contributed by atoms with Crippen LogP contribution in [-0.2, 0) is 0 Å². The van der Waals surface area contributed by atoms with Gasteiger partial charge >= 0.3 is 0 Å². The van der Waals surface area contributed by atoms with Gasteiger partial charge in [0.05, 0.1) is 5.69 Å². The van der Waals surface area contributed by atoms with E-state index in [0.29, 0.717) is 17.8 Å². The number of phenolic OH excluding ortho intramolecular Hbond substituents is 2. The van der Waals surface area contributed by atoms with Gasteiger partial charge in [-0.25, -0.2) is 0 Å². The third-order valence-electron chi connectivity index (χ3n) is 4.28.